The van der Waals surface area contributed by atoms with Gasteiger partial charge in [0, 0.05) is 55.1 Å². The number of aliphatic imine (C=N–C) groups is 1. The molecule has 9 nitrogen and oxygen atoms in total. The van der Waals surface area contributed by atoms with Crippen LogP contribution in [-0.4, -0.2) is 54.1 Å². The first kappa shape index (κ1) is 28.8. The van der Waals surface area contributed by atoms with Crippen LogP contribution in [0.5, 0.6) is 11.5 Å². The smallest absolute Gasteiger partial charge is 0.190 e. The SMILES string of the molecule is CCN=C1NC(N)(c2ccc(-n3cnc(Cl)c3)c(OC)c2)NC2=C1CN(Cc1ccc(OC)cc1)CC2c1ccccc1. The number of nitrogens with zero attached hydrogens (tertiary/aromatic N) is 4. The maximum Gasteiger partial charge on any atom is 0.190 e. The molecule has 0 amide bonds. The van der Waals surface area contributed by atoms with Gasteiger partial charge in [-0.25, -0.2) is 4.98 Å². The van der Waals surface area contributed by atoms with Crippen molar-refractivity contribution in [2.75, 3.05) is 33.9 Å². The first-order valence-corrected chi connectivity index (χ1v) is 14.7. The summed E-state index contributed by atoms with van der Waals surface area (Å²) in [6.45, 7) is 5.00. The van der Waals surface area contributed by atoms with Crippen LogP contribution in [0, 0.1) is 0 Å². The van der Waals surface area contributed by atoms with Crippen LogP contribution in [-0.2, 0) is 12.3 Å². The highest BCUT2D eigenvalue weighted by molar-refractivity contribution is 6.29. The molecule has 0 saturated carbocycles. The van der Waals surface area contributed by atoms with Crippen LogP contribution in [0.25, 0.3) is 5.69 Å². The van der Waals surface area contributed by atoms with E-state index in [2.05, 4.69) is 56.9 Å². The van der Waals surface area contributed by atoms with E-state index in [0.717, 1.165) is 53.7 Å². The van der Waals surface area contributed by atoms with E-state index in [0.29, 0.717) is 17.4 Å². The minimum absolute atomic E-state index is 0.0598. The van der Waals surface area contributed by atoms with Gasteiger partial charge in [0.2, 0.25) is 0 Å². The summed E-state index contributed by atoms with van der Waals surface area (Å²) in [4.78, 5) is 11.5. The summed E-state index contributed by atoms with van der Waals surface area (Å²) in [5.41, 5.74) is 13.4. The summed E-state index contributed by atoms with van der Waals surface area (Å²) in [5, 5.41) is 7.68. The van der Waals surface area contributed by atoms with Gasteiger partial charge >= 0.3 is 0 Å². The molecular formula is C33H36ClN7O2. The van der Waals surface area contributed by atoms with Crippen LogP contribution in [0.1, 0.15) is 29.5 Å². The Morgan fingerprint density at radius 3 is 2.51 bits per heavy atom. The fourth-order valence-electron chi connectivity index (χ4n) is 5.88. The van der Waals surface area contributed by atoms with Crippen LogP contribution in [0.2, 0.25) is 5.15 Å². The molecule has 1 aromatic heterocycles. The molecule has 0 fully saturated rings. The lowest BCUT2D eigenvalue weighted by atomic mass is 9.85. The van der Waals surface area contributed by atoms with E-state index in [1.165, 1.54) is 11.1 Å². The maximum absolute atomic E-state index is 7.19. The van der Waals surface area contributed by atoms with Crippen molar-refractivity contribution >= 4 is 17.4 Å². The van der Waals surface area contributed by atoms with Crippen molar-refractivity contribution in [2.24, 2.45) is 10.7 Å². The molecule has 0 aliphatic carbocycles. The van der Waals surface area contributed by atoms with Crippen molar-refractivity contribution in [3.8, 4) is 17.2 Å². The van der Waals surface area contributed by atoms with E-state index >= 15 is 0 Å². The molecule has 3 aromatic carbocycles. The van der Waals surface area contributed by atoms with Crippen molar-refractivity contribution in [1.82, 2.24) is 25.1 Å². The number of halogens is 1. The lowest BCUT2D eigenvalue weighted by molar-refractivity contribution is 0.234. The fourth-order valence-corrected chi connectivity index (χ4v) is 6.02. The van der Waals surface area contributed by atoms with Gasteiger partial charge in [-0.3, -0.25) is 15.6 Å². The summed E-state index contributed by atoms with van der Waals surface area (Å²) >= 11 is 6.08. The lowest BCUT2D eigenvalue weighted by Gasteiger charge is -2.47. The number of imidazole rings is 1. The van der Waals surface area contributed by atoms with Gasteiger partial charge in [-0.05, 0) is 42.3 Å². The molecule has 2 aliphatic rings. The van der Waals surface area contributed by atoms with E-state index < -0.39 is 5.79 Å². The van der Waals surface area contributed by atoms with Gasteiger partial charge in [-0.2, -0.15) is 0 Å². The third-order valence-electron chi connectivity index (χ3n) is 7.98. The van der Waals surface area contributed by atoms with Gasteiger partial charge in [0.15, 0.2) is 5.79 Å². The molecule has 2 atom stereocenters. The molecule has 222 valence electrons. The molecule has 4 N–H and O–H groups in total. The van der Waals surface area contributed by atoms with Crippen LogP contribution in [0.4, 0.5) is 0 Å². The molecule has 3 heterocycles. The predicted molar refractivity (Wildman–Crippen MR) is 170 cm³/mol. The normalized spacial score (nSPS) is 21.2. The van der Waals surface area contributed by atoms with Gasteiger partial charge in [0.1, 0.15) is 28.8 Å². The number of amidine groups is 1. The number of aromatic nitrogens is 2. The number of nitrogens with one attached hydrogen (secondary N) is 2. The minimum atomic E-state index is -1.13. The Kier molecular flexibility index (Phi) is 8.12. The summed E-state index contributed by atoms with van der Waals surface area (Å²) in [5.74, 6) is 1.22. The average molecular weight is 598 g/mol. The Hall–Kier alpha value is -4.31. The molecule has 6 rings (SSSR count). The van der Waals surface area contributed by atoms with Gasteiger partial charge in [-0.1, -0.05) is 60.1 Å². The molecule has 2 unspecified atom stereocenters. The van der Waals surface area contributed by atoms with Crippen LogP contribution >= 0.6 is 11.6 Å². The van der Waals surface area contributed by atoms with E-state index in [1.807, 2.05) is 47.9 Å². The Labute approximate surface area is 257 Å². The molecular weight excluding hydrogens is 562 g/mol. The Balaban J connectivity index is 1.39. The standard InChI is InChI=1S/C33H36ClN7O2/c1-4-36-32-27-19-40(17-22-10-13-25(42-2)14-11-22)18-26(23-8-6-5-7-9-23)31(27)38-33(35,39-32)24-12-15-28(29(16-24)43-3)41-20-30(34)37-21-41/h5-16,20-21,26,38H,4,17-19,35H2,1-3H3,(H,36,39). The Morgan fingerprint density at radius 1 is 1.05 bits per heavy atom. The molecule has 10 heteroatoms. The van der Waals surface area contributed by atoms with Gasteiger partial charge in [0.25, 0.3) is 0 Å². The van der Waals surface area contributed by atoms with Crippen molar-refractivity contribution in [3.05, 3.63) is 118 Å². The number of methoxy groups -OCH3 is 2. The third-order valence-corrected chi connectivity index (χ3v) is 8.17. The van der Waals surface area contributed by atoms with Crippen molar-refractivity contribution < 1.29 is 9.47 Å². The minimum Gasteiger partial charge on any atom is -0.497 e. The van der Waals surface area contributed by atoms with Crippen molar-refractivity contribution in [3.63, 3.8) is 0 Å². The number of benzene rings is 3. The quantitative estimate of drug-likeness (QED) is 0.269. The van der Waals surface area contributed by atoms with Crippen LogP contribution in [0.15, 0.2) is 102 Å². The lowest BCUT2D eigenvalue weighted by Crippen LogP contribution is -2.67. The molecule has 0 radical (unpaired) electrons. The first-order valence-electron chi connectivity index (χ1n) is 14.3. The topological polar surface area (TPSA) is 102 Å². The van der Waals surface area contributed by atoms with E-state index in [9.17, 15) is 0 Å². The van der Waals surface area contributed by atoms with Crippen molar-refractivity contribution in [2.45, 2.75) is 25.2 Å². The zero-order valence-corrected chi connectivity index (χ0v) is 25.3. The fraction of sp³-hybridized carbons (Fsp3) is 0.273. The van der Waals surface area contributed by atoms with Crippen LogP contribution in [0.3, 0.4) is 0 Å². The second-order valence-corrected chi connectivity index (χ2v) is 11.1. The summed E-state index contributed by atoms with van der Waals surface area (Å²) < 4.78 is 13.0. The second-order valence-electron chi connectivity index (χ2n) is 10.7. The van der Waals surface area contributed by atoms with Crippen LogP contribution < -0.4 is 25.8 Å². The predicted octanol–water partition coefficient (Wildman–Crippen LogP) is 4.78. The first-order chi connectivity index (χ1) is 20.9. The molecule has 43 heavy (non-hydrogen) atoms. The highest BCUT2D eigenvalue weighted by Crippen LogP contribution is 2.37. The van der Waals surface area contributed by atoms with Gasteiger partial charge in [0.05, 0.1) is 19.9 Å². The number of ether oxygens (including phenoxy) is 2. The van der Waals surface area contributed by atoms with E-state index in [1.54, 1.807) is 26.7 Å². The summed E-state index contributed by atoms with van der Waals surface area (Å²) in [6.07, 6.45) is 3.39. The van der Waals surface area contributed by atoms with E-state index in [-0.39, 0.29) is 5.92 Å². The highest BCUT2D eigenvalue weighted by atomic mass is 35.5. The monoisotopic (exact) mass is 597 g/mol. The summed E-state index contributed by atoms with van der Waals surface area (Å²) in [6, 6.07) is 24.7. The molecule has 4 aromatic rings. The Morgan fingerprint density at radius 2 is 1.84 bits per heavy atom. The molecule has 2 aliphatic heterocycles. The molecule has 0 bridgehead atoms. The summed E-state index contributed by atoms with van der Waals surface area (Å²) in [7, 11) is 3.33. The zero-order valence-electron chi connectivity index (χ0n) is 24.5. The Bertz CT molecular complexity index is 1650. The highest BCUT2D eigenvalue weighted by Gasteiger charge is 2.42. The zero-order chi connectivity index (χ0) is 30.0. The molecule has 0 saturated heterocycles. The largest absolute Gasteiger partial charge is 0.497 e. The van der Waals surface area contributed by atoms with Gasteiger partial charge < -0.3 is 24.7 Å². The van der Waals surface area contributed by atoms with Crippen molar-refractivity contribution in [1.29, 1.82) is 0 Å². The number of hydrogen-bond acceptors (Lipinski definition) is 7. The van der Waals surface area contributed by atoms with Gasteiger partial charge in [-0.15, -0.1) is 0 Å². The number of nitrogens with two attached hydrogens (primary N) is 1. The van der Waals surface area contributed by atoms with E-state index in [4.69, 9.17) is 31.8 Å². The third kappa shape index (κ3) is 5.84. The number of rotatable bonds is 8. The second kappa shape index (κ2) is 12.1. The average Bonchev–Trinajstić information content (AvgIpc) is 3.47. The number of hydrogen-bond donors (Lipinski definition) is 3. The molecule has 0 spiro atoms. The maximum atomic E-state index is 7.19.